The van der Waals surface area contributed by atoms with Crippen LogP contribution in [-0.2, 0) is 0 Å². The van der Waals surface area contributed by atoms with E-state index >= 15 is 0 Å². The van der Waals surface area contributed by atoms with Crippen molar-refractivity contribution in [1.82, 2.24) is 0 Å². The van der Waals surface area contributed by atoms with Gasteiger partial charge in [-0.1, -0.05) is 103 Å². The van der Waals surface area contributed by atoms with Crippen molar-refractivity contribution in [3.63, 3.8) is 0 Å². The minimum Gasteiger partial charge on any atom is -0.545 e. The maximum atomic E-state index is 10.7. The van der Waals surface area contributed by atoms with Crippen molar-refractivity contribution < 1.29 is 14.6 Å². The number of ether oxygens (including phenoxy) is 1. The van der Waals surface area contributed by atoms with Crippen LogP contribution in [0, 0.1) is 0 Å². The van der Waals surface area contributed by atoms with Crippen LogP contribution in [0.5, 0.6) is 5.75 Å². The molecule has 28 heavy (non-hydrogen) atoms. The predicted molar refractivity (Wildman–Crippen MR) is 116 cm³/mol. The van der Waals surface area contributed by atoms with Gasteiger partial charge in [0.1, 0.15) is 5.75 Å². The normalized spacial score (nSPS) is 10.9. The van der Waals surface area contributed by atoms with Gasteiger partial charge in [0.05, 0.1) is 12.6 Å². The maximum Gasteiger partial charge on any atom is 0.119 e. The van der Waals surface area contributed by atoms with Crippen molar-refractivity contribution in [2.24, 2.45) is 0 Å². The molecule has 0 amide bonds. The molecule has 0 saturated carbocycles. The molecule has 0 aliphatic rings. The lowest BCUT2D eigenvalue weighted by molar-refractivity contribution is -0.255. The van der Waals surface area contributed by atoms with Crippen molar-refractivity contribution in [3.05, 3.63) is 29.8 Å². The number of unbranched alkanes of at least 4 members (excludes halogenated alkanes) is 15. The van der Waals surface area contributed by atoms with Gasteiger partial charge < -0.3 is 14.6 Å². The monoisotopic (exact) mass is 389 g/mol. The van der Waals surface area contributed by atoms with E-state index < -0.39 is 5.97 Å². The van der Waals surface area contributed by atoms with E-state index in [1.165, 1.54) is 108 Å². The molecule has 0 fully saturated rings. The third kappa shape index (κ3) is 13.6. The fraction of sp³-hybridized carbons (Fsp3) is 0.720. The van der Waals surface area contributed by atoms with Gasteiger partial charge in [0.2, 0.25) is 0 Å². The van der Waals surface area contributed by atoms with Gasteiger partial charge in [0.15, 0.2) is 0 Å². The number of carbonyl (C=O) groups is 1. The number of hydrogen-bond donors (Lipinski definition) is 0. The summed E-state index contributed by atoms with van der Waals surface area (Å²) in [6.07, 6.45) is 21.8. The molecular formula is C25H41O3-. The first-order valence-electron chi connectivity index (χ1n) is 11.7. The van der Waals surface area contributed by atoms with Crippen LogP contribution in [-0.4, -0.2) is 12.6 Å². The minimum absolute atomic E-state index is 0.190. The Morgan fingerprint density at radius 2 is 1.07 bits per heavy atom. The van der Waals surface area contributed by atoms with E-state index in [-0.39, 0.29) is 5.56 Å². The van der Waals surface area contributed by atoms with Gasteiger partial charge in [0.25, 0.3) is 0 Å². The smallest absolute Gasteiger partial charge is 0.119 e. The molecule has 3 heteroatoms. The molecule has 0 aliphatic carbocycles. The first kappa shape index (κ1) is 24.5. The highest BCUT2D eigenvalue weighted by Gasteiger charge is 1.97. The van der Waals surface area contributed by atoms with Crippen LogP contribution in [0.4, 0.5) is 0 Å². The Morgan fingerprint density at radius 1 is 0.679 bits per heavy atom. The number of rotatable bonds is 19. The van der Waals surface area contributed by atoms with E-state index in [1.807, 2.05) is 0 Å². The van der Waals surface area contributed by atoms with E-state index in [1.54, 1.807) is 12.1 Å². The number of hydrogen-bond acceptors (Lipinski definition) is 3. The van der Waals surface area contributed by atoms with Crippen molar-refractivity contribution >= 4 is 5.97 Å². The van der Waals surface area contributed by atoms with Crippen molar-refractivity contribution in [1.29, 1.82) is 0 Å². The number of carboxylic acid groups (broad SMARTS) is 1. The lowest BCUT2D eigenvalue weighted by Gasteiger charge is -2.08. The molecule has 0 radical (unpaired) electrons. The maximum absolute atomic E-state index is 10.7. The molecule has 1 aromatic rings. The first-order valence-corrected chi connectivity index (χ1v) is 11.7. The summed E-state index contributed by atoms with van der Waals surface area (Å²) in [4.78, 5) is 10.7. The van der Waals surface area contributed by atoms with E-state index in [2.05, 4.69) is 6.92 Å². The van der Waals surface area contributed by atoms with E-state index in [0.717, 1.165) is 12.2 Å². The van der Waals surface area contributed by atoms with Gasteiger partial charge in [-0.25, -0.2) is 0 Å². The number of carboxylic acids is 1. The molecule has 0 heterocycles. The standard InChI is InChI=1S/C25H42O3/c1-2-3-4-5-6-7-8-9-10-11-12-13-14-15-16-17-22-28-24-20-18-23(19-21-24)25(26)27/h18-21H,2-17,22H2,1H3,(H,26,27)/p-1. The lowest BCUT2D eigenvalue weighted by Crippen LogP contribution is -2.21. The van der Waals surface area contributed by atoms with Crippen LogP contribution in [0.2, 0.25) is 0 Å². The summed E-state index contributed by atoms with van der Waals surface area (Å²) in [5.74, 6) is -0.421. The Labute approximate surface area is 172 Å². The van der Waals surface area contributed by atoms with Gasteiger partial charge in [-0.2, -0.15) is 0 Å². The van der Waals surface area contributed by atoms with E-state index in [9.17, 15) is 9.90 Å². The second-order valence-electron chi connectivity index (χ2n) is 7.96. The van der Waals surface area contributed by atoms with Crippen LogP contribution >= 0.6 is 0 Å². The first-order chi connectivity index (χ1) is 13.7. The van der Waals surface area contributed by atoms with Crippen LogP contribution in [0.25, 0.3) is 0 Å². The van der Waals surface area contributed by atoms with Crippen LogP contribution in [0.15, 0.2) is 24.3 Å². The Bertz CT molecular complexity index is 481. The third-order valence-electron chi connectivity index (χ3n) is 5.36. The number of benzene rings is 1. The average Bonchev–Trinajstić information content (AvgIpc) is 2.70. The Kier molecular flexibility index (Phi) is 15.4. The summed E-state index contributed by atoms with van der Waals surface area (Å²) in [7, 11) is 0. The molecule has 0 saturated heterocycles. The van der Waals surface area contributed by atoms with Gasteiger partial charge in [0, 0.05) is 0 Å². The molecule has 1 aromatic carbocycles. The highest BCUT2D eigenvalue weighted by atomic mass is 16.5. The van der Waals surface area contributed by atoms with Crippen LogP contribution in [0.3, 0.4) is 0 Å². The van der Waals surface area contributed by atoms with E-state index in [0.29, 0.717) is 6.61 Å². The summed E-state index contributed by atoms with van der Waals surface area (Å²) in [5, 5.41) is 10.7. The third-order valence-corrected chi connectivity index (χ3v) is 5.36. The van der Waals surface area contributed by atoms with Gasteiger partial charge in [-0.05, 0) is 36.2 Å². The van der Waals surface area contributed by atoms with Gasteiger partial charge in [-0.3, -0.25) is 0 Å². The zero-order valence-corrected chi connectivity index (χ0v) is 18.1. The molecule has 1 rings (SSSR count). The molecule has 0 aliphatic heterocycles. The molecule has 3 nitrogen and oxygen atoms in total. The molecule has 0 spiro atoms. The van der Waals surface area contributed by atoms with Gasteiger partial charge >= 0.3 is 0 Å². The molecular weight excluding hydrogens is 348 g/mol. The van der Waals surface area contributed by atoms with Crippen molar-refractivity contribution in [3.8, 4) is 5.75 Å². The number of carbonyl (C=O) groups excluding carboxylic acids is 1. The summed E-state index contributed by atoms with van der Waals surface area (Å²) in [6, 6.07) is 6.44. The van der Waals surface area contributed by atoms with E-state index in [4.69, 9.17) is 4.74 Å². The molecule has 0 aromatic heterocycles. The molecule has 0 atom stereocenters. The fourth-order valence-corrected chi connectivity index (χ4v) is 3.53. The van der Waals surface area contributed by atoms with Gasteiger partial charge in [-0.15, -0.1) is 0 Å². The van der Waals surface area contributed by atoms with Crippen LogP contribution < -0.4 is 9.84 Å². The quantitative estimate of drug-likeness (QED) is 0.248. The zero-order chi connectivity index (χ0) is 20.3. The highest BCUT2D eigenvalue weighted by Crippen LogP contribution is 2.15. The summed E-state index contributed by atoms with van der Waals surface area (Å²) in [6.45, 7) is 2.97. The average molecular weight is 390 g/mol. The predicted octanol–water partition coefficient (Wildman–Crippen LogP) is 6.69. The molecule has 0 N–H and O–H groups in total. The molecule has 0 unspecified atom stereocenters. The minimum atomic E-state index is -1.15. The topological polar surface area (TPSA) is 49.4 Å². The molecule has 160 valence electrons. The summed E-state index contributed by atoms with van der Waals surface area (Å²) >= 11 is 0. The second kappa shape index (κ2) is 17.6. The SMILES string of the molecule is CCCCCCCCCCCCCCCCCCOc1ccc(C(=O)[O-])cc1. The summed E-state index contributed by atoms with van der Waals surface area (Å²) < 4.78 is 5.65. The highest BCUT2D eigenvalue weighted by molar-refractivity contribution is 5.85. The second-order valence-corrected chi connectivity index (χ2v) is 7.96. The Hall–Kier alpha value is -1.51. The molecule has 0 bridgehead atoms. The largest absolute Gasteiger partial charge is 0.545 e. The Balaban J connectivity index is 1.79. The lowest BCUT2D eigenvalue weighted by atomic mass is 10.0. The summed E-state index contributed by atoms with van der Waals surface area (Å²) in [5.41, 5.74) is 0.190. The Morgan fingerprint density at radius 3 is 1.46 bits per heavy atom. The zero-order valence-electron chi connectivity index (χ0n) is 18.1. The van der Waals surface area contributed by atoms with Crippen LogP contribution in [0.1, 0.15) is 120 Å². The fourth-order valence-electron chi connectivity index (χ4n) is 3.53. The van der Waals surface area contributed by atoms with Crippen molar-refractivity contribution in [2.45, 2.75) is 110 Å². The number of aromatic carboxylic acids is 1. The van der Waals surface area contributed by atoms with Crippen molar-refractivity contribution in [2.75, 3.05) is 6.61 Å².